The topological polar surface area (TPSA) is 90.3 Å². The van der Waals surface area contributed by atoms with Gasteiger partial charge in [-0.05, 0) is 39.5 Å². The highest BCUT2D eigenvalue weighted by Gasteiger charge is 2.13. The molecule has 7 nitrogen and oxygen atoms in total. The van der Waals surface area contributed by atoms with Crippen molar-refractivity contribution < 1.29 is 24.5 Å². The monoisotopic (exact) mass is 356 g/mol. The fourth-order valence-electron chi connectivity index (χ4n) is 2.13. The Kier molecular flexibility index (Phi) is 12.7. The third-order valence-electron chi connectivity index (χ3n) is 3.58. The molecule has 0 unspecified atom stereocenters. The van der Waals surface area contributed by atoms with E-state index in [1.165, 1.54) is 9.80 Å². The molecule has 2 amide bonds. The summed E-state index contributed by atoms with van der Waals surface area (Å²) < 4.78 is 5.51. The fourth-order valence-corrected chi connectivity index (χ4v) is 2.13. The number of unbranched alkanes of at least 4 members (excludes halogenated alkanes) is 2. The summed E-state index contributed by atoms with van der Waals surface area (Å²) in [6.45, 7) is 11.9. The molecule has 0 aromatic heterocycles. The van der Waals surface area contributed by atoms with Gasteiger partial charge in [0.25, 0.3) is 11.8 Å². The van der Waals surface area contributed by atoms with Gasteiger partial charge < -0.3 is 24.7 Å². The zero-order chi connectivity index (χ0) is 19.2. The van der Waals surface area contributed by atoms with Crippen LogP contribution in [0, 0.1) is 0 Å². The van der Waals surface area contributed by atoms with E-state index in [2.05, 4.69) is 13.2 Å². The number of hydrogen-bond acceptors (Lipinski definition) is 5. The molecule has 0 rings (SSSR count). The van der Waals surface area contributed by atoms with Gasteiger partial charge in [-0.25, -0.2) is 0 Å². The molecule has 0 aromatic rings. The van der Waals surface area contributed by atoms with Crippen LogP contribution in [0.25, 0.3) is 0 Å². The minimum Gasteiger partial charge on any atom is -0.381 e. The highest BCUT2D eigenvalue weighted by atomic mass is 16.5. The summed E-state index contributed by atoms with van der Waals surface area (Å²) in [6.07, 6.45) is 3.06. The van der Waals surface area contributed by atoms with Gasteiger partial charge in [0.15, 0.2) is 0 Å². The summed E-state index contributed by atoms with van der Waals surface area (Å²) in [7, 11) is 0. The van der Waals surface area contributed by atoms with Crippen LogP contribution >= 0.6 is 0 Å². The predicted molar refractivity (Wildman–Crippen MR) is 96.5 cm³/mol. The Balaban J connectivity index is 3.70. The highest BCUT2D eigenvalue weighted by molar-refractivity contribution is 5.92. The van der Waals surface area contributed by atoms with Crippen molar-refractivity contribution in [3.05, 3.63) is 24.3 Å². The highest BCUT2D eigenvalue weighted by Crippen LogP contribution is 2.03. The molecule has 0 aliphatic heterocycles. The lowest BCUT2D eigenvalue weighted by atomic mass is 10.2. The van der Waals surface area contributed by atoms with Crippen LogP contribution in [0.4, 0.5) is 0 Å². The maximum absolute atomic E-state index is 11.7. The standard InChI is InChI=1S/C18H32N2O5/c1-15(2)17(23)19(13-21)9-5-7-11-25-12-8-6-10-20(14-22)18(24)16(3)4/h21-22H,1,3,5-14H2,2,4H3. The molecule has 0 saturated carbocycles. The van der Waals surface area contributed by atoms with Gasteiger partial charge in [-0.15, -0.1) is 0 Å². The van der Waals surface area contributed by atoms with Crippen molar-refractivity contribution >= 4 is 11.8 Å². The molecule has 0 spiro atoms. The molecule has 0 radical (unpaired) electrons. The number of ether oxygens (including phenoxy) is 1. The van der Waals surface area contributed by atoms with Crippen LogP contribution in [0.3, 0.4) is 0 Å². The second-order valence-electron chi connectivity index (χ2n) is 6.01. The summed E-state index contributed by atoms with van der Waals surface area (Å²) in [6, 6.07) is 0. The van der Waals surface area contributed by atoms with E-state index in [9.17, 15) is 9.59 Å². The van der Waals surface area contributed by atoms with Crippen LogP contribution in [-0.2, 0) is 14.3 Å². The first-order chi connectivity index (χ1) is 11.8. The van der Waals surface area contributed by atoms with E-state index < -0.39 is 0 Å². The van der Waals surface area contributed by atoms with E-state index in [4.69, 9.17) is 14.9 Å². The van der Waals surface area contributed by atoms with Crippen LogP contribution in [0.1, 0.15) is 39.5 Å². The lowest BCUT2D eigenvalue weighted by Crippen LogP contribution is -2.33. The minimum atomic E-state index is -0.309. The van der Waals surface area contributed by atoms with Crippen molar-refractivity contribution in [3.63, 3.8) is 0 Å². The van der Waals surface area contributed by atoms with E-state index >= 15 is 0 Å². The number of rotatable bonds is 14. The summed E-state index contributed by atoms with van der Waals surface area (Å²) in [5.41, 5.74) is 0.819. The smallest absolute Gasteiger partial charge is 0.250 e. The molecule has 0 bridgehead atoms. The minimum absolute atomic E-state index is 0.235. The van der Waals surface area contributed by atoms with Gasteiger partial charge in [0.1, 0.15) is 13.5 Å². The molecular weight excluding hydrogens is 324 g/mol. The maximum atomic E-state index is 11.7. The van der Waals surface area contributed by atoms with Gasteiger partial charge in [0.05, 0.1) is 0 Å². The summed E-state index contributed by atoms with van der Waals surface area (Å²) >= 11 is 0. The average Bonchev–Trinajstić information content (AvgIpc) is 2.58. The number of amides is 2. The van der Waals surface area contributed by atoms with Crippen LogP contribution in [0.15, 0.2) is 24.3 Å². The molecule has 0 fully saturated rings. The van der Waals surface area contributed by atoms with Gasteiger partial charge in [-0.2, -0.15) is 0 Å². The summed E-state index contributed by atoms with van der Waals surface area (Å²) in [5.74, 6) is -0.470. The zero-order valence-corrected chi connectivity index (χ0v) is 15.5. The van der Waals surface area contributed by atoms with Crippen LogP contribution in [-0.4, -0.2) is 71.6 Å². The third kappa shape index (κ3) is 10.0. The Morgan fingerprint density at radius 1 is 0.800 bits per heavy atom. The molecule has 0 saturated heterocycles. The van der Waals surface area contributed by atoms with Gasteiger partial charge in [-0.3, -0.25) is 9.59 Å². The number of nitrogens with zero attached hydrogens (tertiary/aromatic N) is 2. The second-order valence-corrected chi connectivity index (χ2v) is 6.01. The Bertz CT molecular complexity index is 411. The van der Waals surface area contributed by atoms with E-state index in [0.29, 0.717) is 37.4 Å². The number of carbonyl (C=O) groups is 2. The van der Waals surface area contributed by atoms with Gasteiger partial charge >= 0.3 is 0 Å². The second kappa shape index (κ2) is 13.6. The van der Waals surface area contributed by atoms with Crippen molar-refractivity contribution in [1.29, 1.82) is 0 Å². The molecule has 7 heteroatoms. The predicted octanol–water partition coefficient (Wildman–Crippen LogP) is 1.27. The molecule has 0 aliphatic rings. The SMILES string of the molecule is C=C(C)C(=O)N(CO)CCCCOCCCCN(CO)C(=O)C(=C)C. The molecular formula is C18H32N2O5. The number of aliphatic hydroxyl groups is 2. The van der Waals surface area contributed by atoms with Crippen molar-refractivity contribution in [2.75, 3.05) is 39.8 Å². The van der Waals surface area contributed by atoms with Crippen LogP contribution in [0.2, 0.25) is 0 Å². The summed E-state index contributed by atoms with van der Waals surface area (Å²) in [5, 5.41) is 18.3. The quantitative estimate of drug-likeness (QED) is 0.278. The van der Waals surface area contributed by atoms with Gasteiger partial charge in [0, 0.05) is 37.4 Å². The maximum Gasteiger partial charge on any atom is 0.250 e. The molecule has 25 heavy (non-hydrogen) atoms. The Morgan fingerprint density at radius 2 is 1.16 bits per heavy atom. The van der Waals surface area contributed by atoms with Crippen LogP contribution in [0.5, 0.6) is 0 Å². The number of aliphatic hydroxyl groups excluding tert-OH is 2. The normalized spacial score (nSPS) is 10.4. The van der Waals surface area contributed by atoms with E-state index in [-0.39, 0.29) is 25.3 Å². The molecule has 0 aromatic carbocycles. The number of hydrogen-bond donors (Lipinski definition) is 2. The Labute approximate surface area is 150 Å². The lowest BCUT2D eigenvalue weighted by Gasteiger charge is -2.20. The largest absolute Gasteiger partial charge is 0.381 e. The summed E-state index contributed by atoms with van der Waals surface area (Å²) in [4.78, 5) is 26.0. The van der Waals surface area contributed by atoms with Crippen molar-refractivity contribution in [3.8, 4) is 0 Å². The molecule has 0 atom stereocenters. The average molecular weight is 356 g/mol. The van der Waals surface area contributed by atoms with E-state index in [0.717, 1.165) is 25.7 Å². The van der Waals surface area contributed by atoms with E-state index in [1.807, 2.05) is 0 Å². The first-order valence-electron chi connectivity index (χ1n) is 8.54. The van der Waals surface area contributed by atoms with Crippen molar-refractivity contribution in [2.24, 2.45) is 0 Å². The van der Waals surface area contributed by atoms with Gasteiger partial charge in [0.2, 0.25) is 0 Å². The molecule has 2 N–H and O–H groups in total. The van der Waals surface area contributed by atoms with Crippen LogP contribution < -0.4 is 0 Å². The Morgan fingerprint density at radius 3 is 1.44 bits per heavy atom. The zero-order valence-electron chi connectivity index (χ0n) is 15.5. The molecule has 0 heterocycles. The third-order valence-corrected chi connectivity index (χ3v) is 3.58. The number of carbonyl (C=O) groups excluding carboxylic acids is 2. The molecule has 0 aliphatic carbocycles. The Hall–Kier alpha value is -1.70. The van der Waals surface area contributed by atoms with Crippen molar-refractivity contribution in [1.82, 2.24) is 9.80 Å². The van der Waals surface area contributed by atoms with Crippen molar-refractivity contribution in [2.45, 2.75) is 39.5 Å². The first-order valence-corrected chi connectivity index (χ1v) is 8.54. The first kappa shape index (κ1) is 23.3. The fraction of sp³-hybridized carbons (Fsp3) is 0.667. The van der Waals surface area contributed by atoms with E-state index in [1.54, 1.807) is 13.8 Å². The lowest BCUT2D eigenvalue weighted by molar-refractivity contribution is -0.131. The molecule has 144 valence electrons. The van der Waals surface area contributed by atoms with Gasteiger partial charge in [-0.1, -0.05) is 13.2 Å².